The molecule has 1 aliphatic rings. The molecule has 2 heteroatoms. The first kappa shape index (κ1) is 9.00. The van der Waals surface area contributed by atoms with Gasteiger partial charge in [0.1, 0.15) is 0 Å². The minimum atomic E-state index is 0.360. The van der Waals surface area contributed by atoms with Gasteiger partial charge in [-0.3, -0.25) is 0 Å². The fourth-order valence-electron chi connectivity index (χ4n) is 1.46. The summed E-state index contributed by atoms with van der Waals surface area (Å²) in [5, 5.41) is 0.785. The lowest BCUT2D eigenvalue weighted by atomic mass is 10.1. The van der Waals surface area contributed by atoms with Crippen LogP contribution in [-0.4, -0.2) is 11.7 Å². The SMILES string of the molecule is FN1CC=CC/C1=C\c1ccccc1. The Kier molecular flexibility index (Phi) is 2.63. The van der Waals surface area contributed by atoms with E-state index in [0.717, 1.165) is 16.4 Å². The van der Waals surface area contributed by atoms with Gasteiger partial charge in [0.15, 0.2) is 0 Å². The molecule has 1 nitrogen and oxygen atoms in total. The molecule has 1 aromatic carbocycles. The second-order valence-corrected chi connectivity index (χ2v) is 3.27. The van der Waals surface area contributed by atoms with Crippen LogP contribution in [0.3, 0.4) is 0 Å². The van der Waals surface area contributed by atoms with Crippen LogP contribution in [0, 0.1) is 0 Å². The molecule has 0 amide bonds. The van der Waals surface area contributed by atoms with Crippen LogP contribution in [0.25, 0.3) is 6.08 Å². The first-order valence-corrected chi connectivity index (χ1v) is 4.70. The third kappa shape index (κ3) is 2.02. The number of rotatable bonds is 1. The van der Waals surface area contributed by atoms with E-state index in [-0.39, 0.29) is 0 Å². The maximum atomic E-state index is 13.2. The van der Waals surface area contributed by atoms with Crippen molar-refractivity contribution in [3.63, 3.8) is 0 Å². The molecule has 0 bridgehead atoms. The van der Waals surface area contributed by atoms with Crippen molar-refractivity contribution in [2.45, 2.75) is 6.42 Å². The minimum Gasteiger partial charge on any atom is -0.212 e. The highest BCUT2D eigenvalue weighted by molar-refractivity contribution is 5.52. The van der Waals surface area contributed by atoms with Crippen molar-refractivity contribution in [3.05, 3.63) is 53.7 Å². The maximum Gasteiger partial charge on any atom is 0.0683 e. The third-order valence-corrected chi connectivity index (χ3v) is 2.20. The van der Waals surface area contributed by atoms with E-state index in [1.54, 1.807) is 0 Å². The monoisotopic (exact) mass is 189 g/mol. The predicted molar refractivity (Wildman–Crippen MR) is 56.0 cm³/mol. The van der Waals surface area contributed by atoms with Gasteiger partial charge in [0, 0.05) is 6.42 Å². The van der Waals surface area contributed by atoms with Crippen molar-refractivity contribution in [2.24, 2.45) is 0 Å². The molecule has 1 aliphatic heterocycles. The molecule has 0 aliphatic carbocycles. The summed E-state index contributed by atoms with van der Waals surface area (Å²) in [6.07, 6.45) is 6.38. The smallest absolute Gasteiger partial charge is 0.0683 e. The first-order valence-electron chi connectivity index (χ1n) is 4.70. The standard InChI is InChI=1S/C12H12FN/c13-14-9-5-4-8-12(14)10-11-6-2-1-3-7-11/h1-7,10H,8-9H2/b12-10+. The van der Waals surface area contributed by atoms with Gasteiger partial charge in [-0.05, 0) is 11.6 Å². The van der Waals surface area contributed by atoms with Crippen LogP contribution in [0.4, 0.5) is 4.48 Å². The lowest BCUT2D eigenvalue weighted by Gasteiger charge is -2.18. The molecule has 14 heavy (non-hydrogen) atoms. The van der Waals surface area contributed by atoms with E-state index in [1.807, 2.05) is 48.6 Å². The molecule has 2 rings (SSSR count). The molecular formula is C12H12FN. The molecule has 0 saturated carbocycles. The van der Waals surface area contributed by atoms with E-state index in [1.165, 1.54) is 0 Å². The molecule has 0 N–H and O–H groups in total. The Hall–Kier alpha value is -1.57. The van der Waals surface area contributed by atoms with Crippen molar-refractivity contribution >= 4 is 6.08 Å². The Labute approximate surface area is 83.1 Å². The van der Waals surface area contributed by atoms with Gasteiger partial charge in [0.05, 0.1) is 12.2 Å². The zero-order valence-electron chi connectivity index (χ0n) is 7.86. The number of benzene rings is 1. The molecule has 0 fully saturated rings. The highest BCUT2D eigenvalue weighted by atomic mass is 19.2. The van der Waals surface area contributed by atoms with Crippen LogP contribution in [0.15, 0.2) is 48.2 Å². The molecule has 1 aromatic rings. The van der Waals surface area contributed by atoms with E-state index in [4.69, 9.17) is 0 Å². The van der Waals surface area contributed by atoms with Gasteiger partial charge in [-0.25, -0.2) is 5.12 Å². The second kappa shape index (κ2) is 4.09. The van der Waals surface area contributed by atoms with Gasteiger partial charge in [0.25, 0.3) is 0 Å². The van der Waals surface area contributed by atoms with Gasteiger partial charge >= 0.3 is 0 Å². The summed E-state index contributed by atoms with van der Waals surface area (Å²) in [7, 11) is 0. The fourth-order valence-corrected chi connectivity index (χ4v) is 1.46. The van der Waals surface area contributed by atoms with Gasteiger partial charge in [-0.15, -0.1) is 0 Å². The van der Waals surface area contributed by atoms with E-state index in [0.29, 0.717) is 13.0 Å². The van der Waals surface area contributed by atoms with Crippen LogP contribution in [0.2, 0.25) is 0 Å². The fraction of sp³-hybridized carbons (Fsp3) is 0.167. The highest BCUT2D eigenvalue weighted by Gasteiger charge is 2.09. The van der Waals surface area contributed by atoms with Gasteiger partial charge < -0.3 is 0 Å². The Morgan fingerprint density at radius 2 is 1.93 bits per heavy atom. The Morgan fingerprint density at radius 3 is 2.64 bits per heavy atom. The molecule has 72 valence electrons. The zero-order chi connectivity index (χ0) is 9.80. The quantitative estimate of drug-likeness (QED) is 0.484. The largest absolute Gasteiger partial charge is 0.212 e. The van der Waals surface area contributed by atoms with Crippen molar-refractivity contribution in [3.8, 4) is 0 Å². The Balaban J connectivity index is 2.22. The lowest BCUT2D eigenvalue weighted by Crippen LogP contribution is -2.15. The average molecular weight is 189 g/mol. The van der Waals surface area contributed by atoms with Crippen molar-refractivity contribution < 1.29 is 4.48 Å². The number of halogens is 1. The van der Waals surface area contributed by atoms with E-state index in [9.17, 15) is 4.48 Å². The van der Waals surface area contributed by atoms with E-state index < -0.39 is 0 Å². The van der Waals surface area contributed by atoms with Crippen LogP contribution in [-0.2, 0) is 0 Å². The molecular weight excluding hydrogens is 177 g/mol. The van der Waals surface area contributed by atoms with Gasteiger partial charge in [0.2, 0.25) is 0 Å². The summed E-state index contributed by atoms with van der Waals surface area (Å²) in [6, 6.07) is 9.80. The molecule has 0 aromatic heterocycles. The normalized spacial score (nSPS) is 18.9. The highest BCUT2D eigenvalue weighted by Crippen LogP contribution is 2.18. The summed E-state index contributed by atoms with van der Waals surface area (Å²) in [6.45, 7) is 0.360. The molecule has 0 atom stereocenters. The van der Waals surface area contributed by atoms with E-state index in [2.05, 4.69) is 0 Å². The second-order valence-electron chi connectivity index (χ2n) is 3.27. The Bertz CT molecular complexity index is 354. The van der Waals surface area contributed by atoms with Crippen LogP contribution >= 0.6 is 0 Å². The van der Waals surface area contributed by atoms with Gasteiger partial charge in [-0.2, -0.15) is 0 Å². The zero-order valence-corrected chi connectivity index (χ0v) is 7.86. The van der Waals surface area contributed by atoms with Crippen molar-refractivity contribution in [1.29, 1.82) is 0 Å². The summed E-state index contributed by atoms with van der Waals surface area (Å²) >= 11 is 0. The molecule has 0 saturated heterocycles. The summed E-state index contributed by atoms with van der Waals surface area (Å²) in [5.41, 5.74) is 1.76. The molecule has 0 spiro atoms. The third-order valence-electron chi connectivity index (χ3n) is 2.20. The molecule has 0 unspecified atom stereocenters. The van der Waals surface area contributed by atoms with Crippen LogP contribution in [0.5, 0.6) is 0 Å². The molecule has 0 radical (unpaired) electrons. The maximum absolute atomic E-state index is 13.2. The minimum absolute atomic E-state index is 0.360. The number of hydrogen-bond donors (Lipinski definition) is 0. The number of nitrogens with zero attached hydrogens (tertiary/aromatic N) is 1. The summed E-state index contributed by atoms with van der Waals surface area (Å²) < 4.78 is 13.2. The number of hydrogen-bond acceptors (Lipinski definition) is 1. The van der Waals surface area contributed by atoms with Gasteiger partial charge in [-0.1, -0.05) is 47.0 Å². The molecule has 1 heterocycles. The lowest BCUT2D eigenvalue weighted by molar-refractivity contribution is 0.0815. The van der Waals surface area contributed by atoms with Crippen molar-refractivity contribution in [1.82, 2.24) is 5.12 Å². The summed E-state index contributed by atoms with van der Waals surface area (Å²) in [5.74, 6) is 0. The van der Waals surface area contributed by atoms with E-state index >= 15 is 0 Å². The number of allylic oxidation sites excluding steroid dienone is 1. The van der Waals surface area contributed by atoms with Crippen LogP contribution in [0.1, 0.15) is 12.0 Å². The topological polar surface area (TPSA) is 3.24 Å². The van der Waals surface area contributed by atoms with Crippen molar-refractivity contribution in [2.75, 3.05) is 6.54 Å². The Morgan fingerprint density at radius 1 is 1.14 bits per heavy atom. The predicted octanol–water partition coefficient (Wildman–Crippen LogP) is 3.17. The van der Waals surface area contributed by atoms with Crippen LogP contribution < -0.4 is 0 Å². The first-order chi connectivity index (χ1) is 6.86. The summed E-state index contributed by atoms with van der Waals surface area (Å²) in [4.78, 5) is 0. The average Bonchev–Trinajstić information content (AvgIpc) is 2.23.